The average Bonchev–Trinajstić information content (AvgIpc) is 2.61. The van der Waals surface area contributed by atoms with Crippen molar-refractivity contribution in [1.29, 1.82) is 0 Å². The van der Waals surface area contributed by atoms with Gasteiger partial charge in [-0.1, -0.05) is 6.92 Å². The Labute approximate surface area is 158 Å². The molecule has 0 rings (SSSR count). The maximum atomic E-state index is 11.7. The highest BCUT2D eigenvalue weighted by Crippen LogP contribution is 1.97. The lowest BCUT2D eigenvalue weighted by Crippen LogP contribution is -2.31. The summed E-state index contributed by atoms with van der Waals surface area (Å²) in [4.78, 5) is 26.9. The van der Waals surface area contributed by atoms with Gasteiger partial charge in [-0.2, -0.15) is 0 Å². The van der Waals surface area contributed by atoms with Crippen LogP contribution >= 0.6 is 0 Å². The Morgan fingerprint density at radius 2 is 1.42 bits per heavy atom. The van der Waals surface area contributed by atoms with E-state index >= 15 is 0 Å². The zero-order valence-electron chi connectivity index (χ0n) is 17.3. The summed E-state index contributed by atoms with van der Waals surface area (Å²) in [5.74, 6) is -0.386. The van der Waals surface area contributed by atoms with Gasteiger partial charge in [0.15, 0.2) is 0 Å². The molecule has 0 spiro atoms. The zero-order valence-corrected chi connectivity index (χ0v) is 17.3. The summed E-state index contributed by atoms with van der Waals surface area (Å²) in [7, 11) is 4.06. The molecule has 0 N–H and O–H groups in total. The van der Waals surface area contributed by atoms with Gasteiger partial charge in [-0.3, -0.25) is 9.59 Å². The standard InChI is InChI=1S/C19H38N2O5/c1-6-18(22)25-13-7-8-14-26-19(23)9-10-20(4)11-15-24-16-12-21(5)17(2)3/h17H,6-16H2,1-5H3. The smallest absolute Gasteiger partial charge is 0.307 e. The summed E-state index contributed by atoms with van der Waals surface area (Å²) < 4.78 is 15.8. The molecule has 0 fully saturated rings. The number of esters is 2. The summed E-state index contributed by atoms with van der Waals surface area (Å²) in [5, 5.41) is 0. The fourth-order valence-corrected chi connectivity index (χ4v) is 1.93. The molecule has 0 radical (unpaired) electrons. The fraction of sp³-hybridized carbons (Fsp3) is 0.895. The molecule has 0 aliphatic heterocycles. The predicted octanol–water partition coefficient (Wildman–Crippen LogP) is 1.94. The Morgan fingerprint density at radius 1 is 0.846 bits per heavy atom. The first-order valence-corrected chi connectivity index (χ1v) is 9.64. The van der Waals surface area contributed by atoms with E-state index in [4.69, 9.17) is 14.2 Å². The molecule has 0 bridgehead atoms. The van der Waals surface area contributed by atoms with E-state index in [9.17, 15) is 9.59 Å². The summed E-state index contributed by atoms with van der Waals surface area (Å²) in [6, 6.07) is 0.527. The van der Waals surface area contributed by atoms with E-state index in [2.05, 4.69) is 30.7 Å². The highest BCUT2D eigenvalue weighted by atomic mass is 16.5. The van der Waals surface area contributed by atoms with E-state index in [1.165, 1.54) is 0 Å². The molecule has 26 heavy (non-hydrogen) atoms. The van der Waals surface area contributed by atoms with Crippen molar-refractivity contribution < 1.29 is 23.8 Å². The number of nitrogens with zero attached hydrogens (tertiary/aromatic N) is 2. The predicted molar refractivity (Wildman–Crippen MR) is 102 cm³/mol. The molecule has 0 amide bonds. The van der Waals surface area contributed by atoms with Crippen LogP contribution in [0.25, 0.3) is 0 Å². The van der Waals surface area contributed by atoms with Crippen molar-refractivity contribution in [2.45, 2.75) is 52.5 Å². The van der Waals surface area contributed by atoms with Crippen LogP contribution in [0.4, 0.5) is 0 Å². The average molecular weight is 375 g/mol. The van der Waals surface area contributed by atoms with E-state index in [1.807, 2.05) is 7.05 Å². The molecule has 0 aromatic heterocycles. The minimum absolute atomic E-state index is 0.193. The Bertz CT molecular complexity index is 377. The van der Waals surface area contributed by atoms with Crippen molar-refractivity contribution in [2.75, 3.05) is 60.2 Å². The lowest BCUT2D eigenvalue weighted by molar-refractivity contribution is -0.146. The molecule has 7 heteroatoms. The first-order chi connectivity index (χ1) is 12.4. The van der Waals surface area contributed by atoms with Crippen molar-refractivity contribution in [2.24, 2.45) is 0 Å². The molecule has 0 aromatic rings. The molecule has 0 aliphatic rings. The van der Waals surface area contributed by atoms with E-state index in [-0.39, 0.29) is 11.9 Å². The van der Waals surface area contributed by atoms with E-state index in [0.29, 0.717) is 58.1 Å². The first kappa shape index (κ1) is 24.8. The van der Waals surface area contributed by atoms with E-state index < -0.39 is 0 Å². The number of carbonyl (C=O) groups excluding carboxylic acids is 2. The lowest BCUT2D eigenvalue weighted by atomic mass is 10.3. The summed E-state index contributed by atoms with van der Waals surface area (Å²) in [5.41, 5.74) is 0. The number of rotatable bonds is 16. The Kier molecular flexibility index (Phi) is 15.3. The normalized spacial score (nSPS) is 11.4. The van der Waals surface area contributed by atoms with Gasteiger partial charge >= 0.3 is 11.9 Å². The second kappa shape index (κ2) is 16.0. The third-order valence-corrected chi connectivity index (χ3v) is 4.14. The minimum atomic E-state index is -0.194. The van der Waals surface area contributed by atoms with Crippen LogP contribution in [-0.2, 0) is 23.8 Å². The second-order valence-electron chi connectivity index (χ2n) is 6.74. The number of carbonyl (C=O) groups is 2. The first-order valence-electron chi connectivity index (χ1n) is 9.64. The fourth-order valence-electron chi connectivity index (χ4n) is 1.93. The van der Waals surface area contributed by atoms with Gasteiger partial charge in [0.1, 0.15) is 0 Å². The highest BCUT2D eigenvalue weighted by Gasteiger charge is 2.07. The maximum Gasteiger partial charge on any atom is 0.307 e. The van der Waals surface area contributed by atoms with Crippen LogP contribution in [0.3, 0.4) is 0 Å². The van der Waals surface area contributed by atoms with Crippen LogP contribution in [0, 0.1) is 0 Å². The molecule has 0 saturated carbocycles. The number of ether oxygens (including phenoxy) is 3. The lowest BCUT2D eigenvalue weighted by Gasteiger charge is -2.21. The Hall–Kier alpha value is -1.18. The van der Waals surface area contributed by atoms with Crippen LogP contribution in [-0.4, -0.2) is 87.9 Å². The summed E-state index contributed by atoms with van der Waals surface area (Å²) in [6.45, 7) is 10.6. The molecule has 0 heterocycles. The van der Waals surface area contributed by atoms with Gasteiger partial charge in [-0.15, -0.1) is 0 Å². The van der Waals surface area contributed by atoms with Crippen molar-refractivity contribution >= 4 is 11.9 Å². The van der Waals surface area contributed by atoms with Crippen molar-refractivity contribution in [1.82, 2.24) is 9.80 Å². The molecular weight excluding hydrogens is 336 g/mol. The Balaban J connectivity index is 3.48. The van der Waals surface area contributed by atoms with Gasteiger partial charge in [-0.05, 0) is 40.8 Å². The number of unbranched alkanes of at least 4 members (excludes halogenated alkanes) is 1. The zero-order chi connectivity index (χ0) is 19.8. The summed E-state index contributed by atoms with van der Waals surface area (Å²) in [6.07, 6.45) is 2.18. The van der Waals surface area contributed by atoms with Gasteiger partial charge in [-0.25, -0.2) is 0 Å². The molecular formula is C19H38N2O5. The molecule has 7 nitrogen and oxygen atoms in total. The van der Waals surface area contributed by atoms with E-state index in [0.717, 1.165) is 19.7 Å². The minimum Gasteiger partial charge on any atom is -0.466 e. The number of likely N-dealkylation sites (N-methyl/N-ethyl adjacent to an activating group) is 2. The second-order valence-corrected chi connectivity index (χ2v) is 6.74. The van der Waals surface area contributed by atoms with Gasteiger partial charge < -0.3 is 24.0 Å². The van der Waals surface area contributed by atoms with Crippen LogP contribution in [0.1, 0.15) is 46.5 Å². The van der Waals surface area contributed by atoms with Gasteiger partial charge in [0.2, 0.25) is 0 Å². The topological polar surface area (TPSA) is 68.3 Å². The van der Waals surface area contributed by atoms with Gasteiger partial charge in [0.05, 0.1) is 32.8 Å². The quantitative estimate of drug-likeness (QED) is 0.302. The van der Waals surface area contributed by atoms with Crippen molar-refractivity contribution in [3.8, 4) is 0 Å². The van der Waals surface area contributed by atoms with Crippen molar-refractivity contribution in [3.05, 3.63) is 0 Å². The number of hydrogen-bond donors (Lipinski definition) is 0. The van der Waals surface area contributed by atoms with Gasteiger partial charge in [0, 0.05) is 32.1 Å². The molecule has 0 unspecified atom stereocenters. The largest absolute Gasteiger partial charge is 0.466 e. The summed E-state index contributed by atoms with van der Waals surface area (Å²) >= 11 is 0. The van der Waals surface area contributed by atoms with Gasteiger partial charge in [0.25, 0.3) is 0 Å². The maximum absolute atomic E-state index is 11.7. The number of hydrogen-bond acceptors (Lipinski definition) is 7. The van der Waals surface area contributed by atoms with E-state index in [1.54, 1.807) is 6.92 Å². The van der Waals surface area contributed by atoms with Crippen LogP contribution < -0.4 is 0 Å². The molecule has 154 valence electrons. The van der Waals surface area contributed by atoms with Crippen LogP contribution in [0.5, 0.6) is 0 Å². The third kappa shape index (κ3) is 15.1. The molecule has 0 aromatic carbocycles. The molecule has 0 saturated heterocycles. The van der Waals surface area contributed by atoms with Crippen LogP contribution in [0.2, 0.25) is 0 Å². The highest BCUT2D eigenvalue weighted by molar-refractivity contribution is 5.69. The van der Waals surface area contributed by atoms with Crippen LogP contribution in [0.15, 0.2) is 0 Å². The SMILES string of the molecule is CCC(=O)OCCCCOC(=O)CCN(C)CCOCCN(C)C(C)C. The molecule has 0 atom stereocenters. The van der Waals surface area contributed by atoms with Crippen molar-refractivity contribution in [3.63, 3.8) is 0 Å². The third-order valence-electron chi connectivity index (χ3n) is 4.14. The Morgan fingerprint density at radius 3 is 2.00 bits per heavy atom. The monoisotopic (exact) mass is 374 g/mol. The molecule has 0 aliphatic carbocycles.